The minimum atomic E-state index is -0.492. The minimum Gasteiger partial charge on any atom is -0.310 e. The molecule has 84 heavy (non-hydrogen) atoms. The third-order valence-corrected chi connectivity index (χ3v) is 18.5. The van der Waals surface area contributed by atoms with Gasteiger partial charge in [0.25, 0.3) is 0 Å². The molecule has 0 saturated carbocycles. The number of aryl methyl sites for hydroxylation is 4. The van der Waals surface area contributed by atoms with Gasteiger partial charge in [0.05, 0.1) is 22.2 Å². The van der Waals surface area contributed by atoms with E-state index in [1.165, 1.54) is 121 Å². The van der Waals surface area contributed by atoms with E-state index in [0.29, 0.717) is 0 Å². The highest BCUT2D eigenvalue weighted by molar-refractivity contribution is 6.28. The van der Waals surface area contributed by atoms with Crippen molar-refractivity contribution >= 4 is 66.4 Å². The number of hydrogen-bond donors (Lipinski definition) is 0. The lowest BCUT2D eigenvalue weighted by atomic mass is 9.68. The van der Waals surface area contributed by atoms with Gasteiger partial charge in [0, 0.05) is 33.5 Å². The number of fused-ring (bicyclic) bond motifs is 6. The summed E-state index contributed by atoms with van der Waals surface area (Å²) in [5.41, 5.74) is 26.1. The quantitative estimate of drug-likeness (QED) is 0.126. The molecule has 2 aliphatic rings. The van der Waals surface area contributed by atoms with Gasteiger partial charge in [-0.25, -0.2) is 0 Å². The Morgan fingerprint density at radius 3 is 0.857 bits per heavy atom. The lowest BCUT2D eigenvalue weighted by molar-refractivity contribution is 0.768. The van der Waals surface area contributed by atoms with Crippen LogP contribution < -0.4 is 9.80 Å². The predicted molar refractivity (Wildman–Crippen MR) is 353 cm³/mol. The molecule has 14 aromatic rings. The summed E-state index contributed by atoms with van der Waals surface area (Å²) in [5.74, 6) is 0. The third kappa shape index (κ3) is 7.30. The molecule has 0 spiro atoms. The molecule has 2 heteroatoms. The maximum absolute atomic E-state index is 2.50. The van der Waals surface area contributed by atoms with Gasteiger partial charge >= 0.3 is 0 Å². The van der Waals surface area contributed by atoms with E-state index in [0.717, 1.165) is 34.1 Å². The molecule has 0 fully saturated rings. The molecule has 0 unspecified atom stereocenters. The Hall–Kier alpha value is -10.3. The number of rotatable bonds is 10. The minimum absolute atomic E-state index is 0.492. The fourth-order valence-corrected chi connectivity index (χ4v) is 15.3. The van der Waals surface area contributed by atoms with Crippen molar-refractivity contribution < 1.29 is 0 Å². The van der Waals surface area contributed by atoms with Gasteiger partial charge in [0.1, 0.15) is 0 Å². The maximum atomic E-state index is 2.50. The van der Waals surface area contributed by atoms with Crippen LogP contribution in [0.4, 0.5) is 34.1 Å². The van der Waals surface area contributed by atoms with E-state index in [-0.39, 0.29) is 0 Å². The smallest absolute Gasteiger partial charge is 0.0713 e. The highest BCUT2D eigenvalue weighted by Crippen LogP contribution is 2.59. The molecule has 0 radical (unpaired) electrons. The fraction of sp³-hybridized carbons (Fsp3) is 0.0732. The van der Waals surface area contributed by atoms with E-state index in [1.54, 1.807) is 0 Å². The third-order valence-electron chi connectivity index (χ3n) is 18.5. The molecule has 0 amide bonds. The highest BCUT2D eigenvalue weighted by atomic mass is 15.2. The van der Waals surface area contributed by atoms with Crippen molar-refractivity contribution in [3.05, 3.63) is 358 Å². The molecule has 0 heterocycles. The van der Waals surface area contributed by atoms with Gasteiger partial charge in [0.2, 0.25) is 0 Å². The Morgan fingerprint density at radius 2 is 0.524 bits per heavy atom. The molecular weight excluding hydrogens is 1010 g/mol. The van der Waals surface area contributed by atoms with Crippen LogP contribution in [0.3, 0.4) is 0 Å². The van der Waals surface area contributed by atoms with Crippen molar-refractivity contribution in [1.82, 2.24) is 0 Å². The summed E-state index contributed by atoms with van der Waals surface area (Å²) in [6.45, 7) is 8.85. The van der Waals surface area contributed by atoms with Gasteiger partial charge in [-0.1, -0.05) is 231 Å². The van der Waals surface area contributed by atoms with Crippen LogP contribution in [0.15, 0.2) is 291 Å². The van der Waals surface area contributed by atoms with Crippen LogP contribution in [0.2, 0.25) is 0 Å². The summed E-state index contributed by atoms with van der Waals surface area (Å²) < 4.78 is 0. The Balaban J connectivity index is 0.873. The summed E-state index contributed by atoms with van der Waals surface area (Å²) >= 11 is 0. The van der Waals surface area contributed by atoms with Crippen molar-refractivity contribution in [1.29, 1.82) is 0 Å². The average molecular weight is 1070 g/mol. The van der Waals surface area contributed by atoms with E-state index in [2.05, 4.69) is 329 Å². The number of hydrogen-bond acceptors (Lipinski definition) is 2. The van der Waals surface area contributed by atoms with Gasteiger partial charge in [-0.2, -0.15) is 0 Å². The Kier molecular flexibility index (Phi) is 11.3. The first-order valence-corrected chi connectivity index (χ1v) is 29.5. The Morgan fingerprint density at radius 1 is 0.238 bits per heavy atom. The zero-order valence-electron chi connectivity index (χ0n) is 47.6. The van der Waals surface area contributed by atoms with Crippen LogP contribution in [-0.2, 0) is 10.8 Å². The number of anilines is 6. The van der Waals surface area contributed by atoms with E-state index in [4.69, 9.17) is 0 Å². The summed E-state index contributed by atoms with van der Waals surface area (Å²) in [6, 6.07) is 110. The van der Waals surface area contributed by atoms with Gasteiger partial charge in [-0.3, -0.25) is 0 Å². The molecule has 0 aliphatic heterocycles. The number of nitrogens with zero attached hydrogens (tertiary/aromatic N) is 2. The molecule has 0 N–H and O–H groups in total. The highest BCUT2D eigenvalue weighted by Gasteiger charge is 2.47. The van der Waals surface area contributed by atoms with Crippen LogP contribution in [0.1, 0.15) is 66.8 Å². The van der Waals surface area contributed by atoms with Crippen molar-refractivity contribution in [2.75, 3.05) is 9.80 Å². The molecule has 2 nitrogen and oxygen atoms in total. The summed E-state index contributed by atoms with van der Waals surface area (Å²) in [6.07, 6.45) is 0. The topological polar surface area (TPSA) is 6.48 Å². The zero-order valence-corrected chi connectivity index (χ0v) is 47.6. The predicted octanol–water partition coefficient (Wildman–Crippen LogP) is 21.5. The van der Waals surface area contributed by atoms with Crippen molar-refractivity contribution in [2.24, 2.45) is 0 Å². The number of benzene rings is 14. The SMILES string of the molecule is Cc1cc(C)cc(N(c2ccc(C3(c4ccccc4)c4ccccc4-c4ccccc43)cc2)c2ccc3ccc4c(N(c5ccc(C6(c7ccccc7)c7ccccc7-c7ccccc76)cc5)c5cc(C)cc(C)c5)ccc5ccc2c3c54)c1. The van der Waals surface area contributed by atoms with Gasteiger partial charge in [0.15, 0.2) is 0 Å². The van der Waals surface area contributed by atoms with Crippen LogP contribution in [-0.4, -0.2) is 0 Å². The second-order valence-corrected chi connectivity index (χ2v) is 23.5. The Bertz CT molecular complexity index is 4440. The summed E-state index contributed by atoms with van der Waals surface area (Å²) in [7, 11) is 0. The van der Waals surface area contributed by atoms with Gasteiger partial charge < -0.3 is 9.80 Å². The molecule has 16 rings (SSSR count). The fourth-order valence-electron chi connectivity index (χ4n) is 15.3. The zero-order chi connectivity index (χ0) is 56.3. The molecule has 2 aliphatic carbocycles. The molecule has 0 aromatic heterocycles. The first-order chi connectivity index (χ1) is 41.3. The summed E-state index contributed by atoms with van der Waals surface area (Å²) in [5, 5.41) is 7.36. The lowest BCUT2D eigenvalue weighted by Crippen LogP contribution is -2.28. The second kappa shape index (κ2) is 19.2. The maximum Gasteiger partial charge on any atom is 0.0713 e. The van der Waals surface area contributed by atoms with Crippen LogP contribution in [0.5, 0.6) is 0 Å². The van der Waals surface area contributed by atoms with Crippen LogP contribution in [0.25, 0.3) is 54.6 Å². The lowest BCUT2D eigenvalue weighted by Gasteiger charge is -2.35. The second-order valence-electron chi connectivity index (χ2n) is 23.5. The summed E-state index contributed by atoms with van der Waals surface area (Å²) in [4.78, 5) is 4.99. The van der Waals surface area contributed by atoms with Crippen LogP contribution in [0, 0.1) is 27.7 Å². The van der Waals surface area contributed by atoms with Crippen molar-refractivity contribution in [3.8, 4) is 22.3 Å². The first-order valence-electron chi connectivity index (χ1n) is 29.5. The van der Waals surface area contributed by atoms with E-state index in [1.807, 2.05) is 0 Å². The standard InChI is InChI=1S/C82H60N2/c1-53-47-54(2)50-65(49-53)83(63-39-35-61(36-40-63)81(59-19-7-5-8-20-59)73-27-15-11-23-67(73)68-24-12-16-28-74(68)81)77-45-33-57-32-44-72-78(46-34-58-31-43-71(77)79(57)80(58)72)84(66-51-55(3)48-56(4)52-66)64-41-37-62(38-42-64)82(60-21-9-6-10-22-60)75-29-17-13-25-69(75)70-26-14-18-30-76(70)82/h5-52H,1-4H3. The van der Waals surface area contributed by atoms with Crippen LogP contribution >= 0.6 is 0 Å². The van der Waals surface area contributed by atoms with E-state index < -0.39 is 10.8 Å². The molecular formula is C82H60N2. The molecule has 0 saturated heterocycles. The molecule has 0 bridgehead atoms. The molecule has 0 atom stereocenters. The van der Waals surface area contributed by atoms with Gasteiger partial charge in [-0.05, 0) is 199 Å². The largest absolute Gasteiger partial charge is 0.310 e. The van der Waals surface area contributed by atoms with Crippen molar-refractivity contribution in [3.63, 3.8) is 0 Å². The molecule has 14 aromatic carbocycles. The van der Waals surface area contributed by atoms with E-state index in [9.17, 15) is 0 Å². The normalized spacial score (nSPS) is 13.4. The first kappa shape index (κ1) is 49.5. The van der Waals surface area contributed by atoms with Gasteiger partial charge in [-0.15, -0.1) is 0 Å². The average Bonchev–Trinajstić information content (AvgIpc) is 3.00. The molecule has 398 valence electrons. The monoisotopic (exact) mass is 1070 g/mol. The Labute approximate surface area is 492 Å². The van der Waals surface area contributed by atoms with Crippen molar-refractivity contribution in [2.45, 2.75) is 38.5 Å². The van der Waals surface area contributed by atoms with E-state index >= 15 is 0 Å².